The first kappa shape index (κ1) is 12.6. The van der Waals surface area contributed by atoms with Gasteiger partial charge in [0, 0.05) is 22.3 Å². The number of carbonyl (C=O) groups is 2. The van der Waals surface area contributed by atoms with Crippen molar-refractivity contribution >= 4 is 39.1 Å². The fraction of sp³-hybridized carbons (Fsp3) is 0.455. The van der Waals surface area contributed by atoms with Gasteiger partial charge < -0.3 is 10.2 Å². The monoisotopic (exact) mass is 316 g/mol. The first-order chi connectivity index (χ1) is 8.08. The fourth-order valence-electron chi connectivity index (χ4n) is 1.76. The molecule has 1 N–H and O–H groups in total. The average Bonchev–Trinajstić information content (AvgIpc) is 2.63. The maximum atomic E-state index is 12.0. The molecule has 0 spiro atoms. The number of amides is 2. The molecule has 1 aromatic rings. The second kappa shape index (κ2) is 5.18. The molecule has 2 amide bonds. The highest BCUT2D eigenvalue weighted by Gasteiger charge is 2.26. The summed E-state index contributed by atoms with van der Waals surface area (Å²) in [7, 11) is 0. The molecule has 1 aromatic heterocycles. The zero-order valence-electron chi connectivity index (χ0n) is 9.40. The number of hydrogen-bond donors (Lipinski definition) is 1. The topological polar surface area (TPSA) is 49.4 Å². The lowest BCUT2D eigenvalue weighted by Crippen LogP contribution is -2.42. The maximum Gasteiger partial charge on any atom is 0.245 e. The van der Waals surface area contributed by atoms with Gasteiger partial charge in [0.1, 0.15) is 6.04 Å². The maximum absolute atomic E-state index is 12.0. The van der Waals surface area contributed by atoms with Crippen LogP contribution in [0.1, 0.15) is 18.2 Å². The molecule has 1 aliphatic rings. The minimum atomic E-state index is -0.427. The van der Waals surface area contributed by atoms with E-state index >= 15 is 0 Å². The normalized spacial score (nSPS) is 21.3. The molecule has 1 atom stereocenters. The minimum Gasteiger partial charge on any atom is -0.345 e. The lowest BCUT2D eigenvalue weighted by Gasteiger charge is -2.21. The molecule has 1 unspecified atom stereocenters. The van der Waals surface area contributed by atoms with Crippen LogP contribution >= 0.6 is 27.3 Å². The number of nitrogens with one attached hydrogen (secondary N) is 1. The summed E-state index contributed by atoms with van der Waals surface area (Å²) in [6, 6.07) is 1.54. The van der Waals surface area contributed by atoms with Crippen molar-refractivity contribution in [2.45, 2.75) is 25.9 Å². The quantitative estimate of drug-likeness (QED) is 0.903. The van der Waals surface area contributed by atoms with Crippen LogP contribution in [0.3, 0.4) is 0 Å². The van der Waals surface area contributed by atoms with Gasteiger partial charge >= 0.3 is 0 Å². The number of halogens is 1. The van der Waals surface area contributed by atoms with Crippen LogP contribution in [-0.2, 0) is 16.1 Å². The first-order valence-corrected chi connectivity index (χ1v) is 7.05. The Morgan fingerprint density at radius 2 is 2.35 bits per heavy atom. The van der Waals surface area contributed by atoms with Gasteiger partial charge in [-0.15, -0.1) is 11.3 Å². The summed E-state index contributed by atoms with van der Waals surface area (Å²) in [5.74, 6) is -0.0743. The van der Waals surface area contributed by atoms with Crippen molar-refractivity contribution in [3.8, 4) is 0 Å². The first-order valence-electron chi connectivity index (χ1n) is 5.38. The van der Waals surface area contributed by atoms with E-state index in [-0.39, 0.29) is 11.8 Å². The molecule has 0 radical (unpaired) electrons. The molecule has 0 saturated carbocycles. The number of thiophene rings is 1. The van der Waals surface area contributed by atoms with Crippen molar-refractivity contribution < 1.29 is 9.59 Å². The number of nitrogens with zero attached hydrogens (tertiary/aromatic N) is 1. The van der Waals surface area contributed by atoms with Gasteiger partial charge in [-0.1, -0.05) is 0 Å². The zero-order valence-corrected chi connectivity index (χ0v) is 11.8. The van der Waals surface area contributed by atoms with Crippen LogP contribution in [-0.4, -0.2) is 29.3 Å². The van der Waals surface area contributed by atoms with Crippen LogP contribution in [0.15, 0.2) is 15.9 Å². The minimum absolute atomic E-state index is 0.0175. The van der Waals surface area contributed by atoms with Crippen LogP contribution < -0.4 is 5.32 Å². The summed E-state index contributed by atoms with van der Waals surface area (Å²) < 4.78 is 1.02. The number of hydrogen-bond acceptors (Lipinski definition) is 3. The van der Waals surface area contributed by atoms with E-state index in [1.165, 1.54) is 0 Å². The summed E-state index contributed by atoms with van der Waals surface area (Å²) in [4.78, 5) is 26.2. The Bertz CT molecular complexity index is 446. The molecule has 17 heavy (non-hydrogen) atoms. The van der Waals surface area contributed by atoms with E-state index in [2.05, 4.69) is 21.2 Å². The lowest BCUT2D eigenvalue weighted by atomic mass is 10.3. The summed E-state index contributed by atoms with van der Waals surface area (Å²) in [6.45, 7) is 2.78. The third kappa shape index (κ3) is 2.87. The summed E-state index contributed by atoms with van der Waals surface area (Å²) in [5.41, 5.74) is 0. The van der Waals surface area contributed by atoms with Gasteiger partial charge in [0.15, 0.2) is 0 Å². The summed E-state index contributed by atoms with van der Waals surface area (Å²) in [6.07, 6.45) is 0.374. The predicted octanol–water partition coefficient (Wildman–Crippen LogP) is 1.75. The van der Waals surface area contributed by atoms with E-state index in [1.807, 2.05) is 11.4 Å². The van der Waals surface area contributed by atoms with Gasteiger partial charge in [-0.25, -0.2) is 0 Å². The van der Waals surface area contributed by atoms with Crippen molar-refractivity contribution in [2.24, 2.45) is 0 Å². The zero-order chi connectivity index (χ0) is 12.4. The van der Waals surface area contributed by atoms with Crippen molar-refractivity contribution in [3.05, 3.63) is 20.8 Å². The van der Waals surface area contributed by atoms with Crippen molar-refractivity contribution in [1.82, 2.24) is 10.2 Å². The van der Waals surface area contributed by atoms with E-state index in [4.69, 9.17) is 0 Å². The van der Waals surface area contributed by atoms with E-state index in [0.717, 1.165) is 9.35 Å². The van der Waals surface area contributed by atoms with Crippen LogP contribution in [0, 0.1) is 0 Å². The molecule has 1 aliphatic heterocycles. The highest BCUT2D eigenvalue weighted by Crippen LogP contribution is 2.24. The largest absolute Gasteiger partial charge is 0.345 e. The second-order valence-electron chi connectivity index (χ2n) is 3.99. The fourth-order valence-corrected chi connectivity index (χ4v) is 3.26. The van der Waals surface area contributed by atoms with Gasteiger partial charge in [-0.2, -0.15) is 0 Å². The molecular weight excluding hydrogens is 304 g/mol. The smallest absolute Gasteiger partial charge is 0.245 e. The SMILES string of the molecule is CC1NC(=O)CCN(Cc2sccc2Br)C1=O. The Morgan fingerprint density at radius 3 is 3.00 bits per heavy atom. The summed E-state index contributed by atoms with van der Waals surface area (Å²) in [5, 5.41) is 4.66. The van der Waals surface area contributed by atoms with Crippen LogP contribution in [0.2, 0.25) is 0 Å². The van der Waals surface area contributed by atoms with Gasteiger partial charge in [-0.05, 0) is 34.3 Å². The molecule has 0 aliphatic carbocycles. The number of rotatable bonds is 2. The molecule has 4 nitrogen and oxygen atoms in total. The Labute approximate surface area is 112 Å². The second-order valence-corrected chi connectivity index (χ2v) is 5.85. The van der Waals surface area contributed by atoms with Crippen LogP contribution in [0.25, 0.3) is 0 Å². The Hall–Kier alpha value is -0.880. The van der Waals surface area contributed by atoms with Crippen molar-refractivity contribution in [1.29, 1.82) is 0 Å². The highest BCUT2D eigenvalue weighted by atomic mass is 79.9. The predicted molar refractivity (Wildman–Crippen MR) is 69.7 cm³/mol. The van der Waals surface area contributed by atoms with Gasteiger partial charge in [-0.3, -0.25) is 9.59 Å². The molecule has 2 heterocycles. The third-order valence-electron chi connectivity index (χ3n) is 2.69. The molecule has 6 heteroatoms. The molecule has 0 aromatic carbocycles. The van der Waals surface area contributed by atoms with Crippen LogP contribution in [0.5, 0.6) is 0 Å². The van der Waals surface area contributed by atoms with Crippen molar-refractivity contribution in [2.75, 3.05) is 6.54 Å². The Morgan fingerprint density at radius 1 is 1.59 bits per heavy atom. The molecule has 1 fully saturated rings. The lowest BCUT2D eigenvalue weighted by molar-refractivity contribution is -0.133. The third-order valence-corrected chi connectivity index (χ3v) is 4.60. The van der Waals surface area contributed by atoms with Gasteiger partial charge in [0.05, 0.1) is 6.54 Å². The summed E-state index contributed by atoms with van der Waals surface area (Å²) >= 11 is 5.06. The Balaban J connectivity index is 2.12. The molecule has 0 bridgehead atoms. The van der Waals surface area contributed by atoms with E-state index in [1.54, 1.807) is 23.2 Å². The standard InChI is InChI=1S/C11H13BrN2O2S/c1-7-11(16)14(4-2-10(15)13-7)6-9-8(12)3-5-17-9/h3,5,7H,2,4,6H2,1H3,(H,13,15). The highest BCUT2D eigenvalue weighted by molar-refractivity contribution is 9.10. The molecule has 92 valence electrons. The van der Waals surface area contributed by atoms with Crippen molar-refractivity contribution in [3.63, 3.8) is 0 Å². The van der Waals surface area contributed by atoms with Gasteiger partial charge in [0.2, 0.25) is 11.8 Å². The molecule has 2 rings (SSSR count). The van der Waals surface area contributed by atoms with E-state index in [9.17, 15) is 9.59 Å². The average molecular weight is 317 g/mol. The molecule has 1 saturated heterocycles. The molecular formula is C11H13BrN2O2S. The Kier molecular flexibility index (Phi) is 3.83. The van der Waals surface area contributed by atoms with E-state index < -0.39 is 6.04 Å². The van der Waals surface area contributed by atoms with E-state index in [0.29, 0.717) is 19.5 Å². The van der Waals surface area contributed by atoms with Crippen LogP contribution in [0.4, 0.5) is 0 Å². The van der Waals surface area contributed by atoms with Gasteiger partial charge in [0.25, 0.3) is 0 Å². The number of carbonyl (C=O) groups excluding carboxylic acids is 2.